The minimum Gasteiger partial charge on any atom is -0.301 e. The van der Waals surface area contributed by atoms with Crippen molar-refractivity contribution in [2.45, 2.75) is 0 Å². The number of hydrazone groups is 1. The van der Waals surface area contributed by atoms with Gasteiger partial charge in [-0.15, -0.1) is 11.3 Å². The Kier molecular flexibility index (Phi) is 4.39. The predicted molar refractivity (Wildman–Crippen MR) is 89.7 cm³/mol. The van der Waals surface area contributed by atoms with Crippen LogP contribution in [-0.4, -0.2) is 22.1 Å². The molecule has 23 heavy (non-hydrogen) atoms. The highest BCUT2D eigenvalue weighted by atomic mass is 32.1. The number of benzene rings is 1. The Morgan fingerprint density at radius 3 is 2.78 bits per heavy atom. The van der Waals surface area contributed by atoms with E-state index in [1.54, 1.807) is 6.21 Å². The van der Waals surface area contributed by atoms with Crippen molar-refractivity contribution in [1.82, 2.24) is 15.4 Å². The molecule has 0 fully saturated rings. The van der Waals surface area contributed by atoms with Crippen LogP contribution in [0.3, 0.4) is 0 Å². The summed E-state index contributed by atoms with van der Waals surface area (Å²) in [5.41, 5.74) is 3.09. The molecule has 2 aromatic heterocycles. The maximum absolute atomic E-state index is 12.1. The molecule has 3 aromatic rings. The van der Waals surface area contributed by atoms with Gasteiger partial charge in [-0.3, -0.25) is 4.79 Å². The van der Waals surface area contributed by atoms with Gasteiger partial charge in [-0.2, -0.15) is 10.1 Å². The number of carbonyl (C=O) groups is 1. The second-order valence-corrected chi connectivity index (χ2v) is 5.55. The lowest BCUT2D eigenvalue weighted by Gasteiger charge is -2.03. The van der Waals surface area contributed by atoms with Crippen molar-refractivity contribution in [3.8, 4) is 11.3 Å². The average molecular weight is 324 g/mol. The third kappa shape index (κ3) is 3.78. The molecule has 0 unspecified atom stereocenters. The minimum absolute atomic E-state index is 0.104. The standard InChI is InChI=1S/C16H12N4O2S/c21-15(20-17-10-12-7-4-8-23-12)14-9-13(18-16(22)19-14)11-5-2-1-3-6-11/h1-10H,(H,20,21)(H,18,19,22)/b17-10+. The molecule has 1 aromatic carbocycles. The van der Waals surface area contributed by atoms with Crippen LogP contribution in [-0.2, 0) is 0 Å². The molecule has 7 heteroatoms. The van der Waals surface area contributed by atoms with Gasteiger partial charge in [0, 0.05) is 10.4 Å². The molecule has 0 aliphatic heterocycles. The number of H-pyrrole nitrogens is 1. The van der Waals surface area contributed by atoms with Crippen LogP contribution in [0.1, 0.15) is 15.4 Å². The molecule has 1 amide bonds. The van der Waals surface area contributed by atoms with Crippen molar-refractivity contribution in [1.29, 1.82) is 0 Å². The van der Waals surface area contributed by atoms with Crippen molar-refractivity contribution < 1.29 is 4.79 Å². The van der Waals surface area contributed by atoms with Crippen molar-refractivity contribution in [3.05, 3.63) is 75.0 Å². The lowest BCUT2D eigenvalue weighted by Crippen LogP contribution is -2.24. The van der Waals surface area contributed by atoms with Gasteiger partial charge in [0.2, 0.25) is 0 Å². The first-order valence-corrected chi connectivity index (χ1v) is 7.64. The number of hydrogen-bond donors (Lipinski definition) is 2. The van der Waals surface area contributed by atoms with Gasteiger partial charge in [-0.25, -0.2) is 10.2 Å². The van der Waals surface area contributed by atoms with E-state index >= 15 is 0 Å². The second-order valence-electron chi connectivity index (χ2n) is 4.57. The lowest BCUT2D eigenvalue weighted by atomic mass is 10.1. The van der Waals surface area contributed by atoms with Crippen LogP contribution in [0.4, 0.5) is 0 Å². The number of aromatic nitrogens is 2. The molecule has 0 aliphatic rings. The summed E-state index contributed by atoms with van der Waals surface area (Å²) in [6.07, 6.45) is 1.54. The lowest BCUT2D eigenvalue weighted by molar-refractivity contribution is 0.0949. The van der Waals surface area contributed by atoms with Crippen LogP contribution in [0.2, 0.25) is 0 Å². The molecule has 6 nitrogen and oxygen atoms in total. The molecule has 0 aliphatic carbocycles. The molecule has 0 bridgehead atoms. The number of rotatable bonds is 4. The van der Waals surface area contributed by atoms with Crippen LogP contribution < -0.4 is 11.1 Å². The Labute approximate surface area is 135 Å². The Balaban J connectivity index is 1.81. The summed E-state index contributed by atoms with van der Waals surface area (Å²) in [4.78, 5) is 31.0. The predicted octanol–water partition coefficient (Wildman–Crippen LogP) is 2.26. The van der Waals surface area contributed by atoms with Crippen LogP contribution in [0.15, 0.2) is 63.8 Å². The van der Waals surface area contributed by atoms with Crippen molar-refractivity contribution in [2.24, 2.45) is 5.10 Å². The van der Waals surface area contributed by atoms with E-state index in [2.05, 4.69) is 20.5 Å². The van der Waals surface area contributed by atoms with E-state index < -0.39 is 11.6 Å². The van der Waals surface area contributed by atoms with Gasteiger partial charge >= 0.3 is 5.69 Å². The van der Waals surface area contributed by atoms with Crippen LogP contribution in [0.25, 0.3) is 11.3 Å². The normalized spacial score (nSPS) is 10.8. The fourth-order valence-corrected chi connectivity index (χ4v) is 2.50. The fraction of sp³-hybridized carbons (Fsp3) is 0. The number of amides is 1. The van der Waals surface area contributed by atoms with Gasteiger partial charge in [-0.1, -0.05) is 36.4 Å². The van der Waals surface area contributed by atoms with E-state index in [0.29, 0.717) is 5.69 Å². The molecular formula is C16H12N4O2S. The summed E-state index contributed by atoms with van der Waals surface area (Å²) in [5, 5.41) is 5.78. The number of aromatic amines is 1. The van der Waals surface area contributed by atoms with Gasteiger partial charge in [0.05, 0.1) is 11.9 Å². The second kappa shape index (κ2) is 6.80. The Morgan fingerprint density at radius 2 is 2.04 bits per heavy atom. The first-order valence-electron chi connectivity index (χ1n) is 6.76. The topological polar surface area (TPSA) is 87.2 Å². The first-order chi connectivity index (χ1) is 11.2. The third-order valence-electron chi connectivity index (χ3n) is 2.96. The summed E-state index contributed by atoms with van der Waals surface area (Å²) >= 11 is 1.50. The summed E-state index contributed by atoms with van der Waals surface area (Å²) in [6, 6.07) is 14.5. The SMILES string of the molecule is O=C(N/N=C/c1cccs1)c1cc(-c2ccccc2)nc(=O)[nH]1. The van der Waals surface area contributed by atoms with Gasteiger partial charge in [0.1, 0.15) is 5.69 Å². The molecule has 0 saturated heterocycles. The Morgan fingerprint density at radius 1 is 1.22 bits per heavy atom. The molecule has 0 saturated carbocycles. The molecular weight excluding hydrogens is 312 g/mol. The zero-order chi connectivity index (χ0) is 16.1. The highest BCUT2D eigenvalue weighted by Gasteiger charge is 2.09. The van der Waals surface area contributed by atoms with Gasteiger partial charge in [0.15, 0.2) is 0 Å². The molecule has 0 atom stereocenters. The number of nitrogens with zero attached hydrogens (tertiary/aromatic N) is 2. The maximum atomic E-state index is 12.1. The average Bonchev–Trinajstić information content (AvgIpc) is 3.08. The molecule has 2 N–H and O–H groups in total. The summed E-state index contributed by atoms with van der Waals surface area (Å²) < 4.78 is 0. The third-order valence-corrected chi connectivity index (χ3v) is 3.77. The van der Waals surface area contributed by atoms with Gasteiger partial charge in [-0.05, 0) is 17.5 Å². The molecule has 0 spiro atoms. The number of nitrogens with one attached hydrogen (secondary N) is 2. The highest BCUT2D eigenvalue weighted by Crippen LogP contribution is 2.15. The van der Waals surface area contributed by atoms with E-state index in [-0.39, 0.29) is 5.69 Å². The largest absolute Gasteiger partial charge is 0.346 e. The van der Waals surface area contributed by atoms with E-state index in [4.69, 9.17) is 0 Å². The zero-order valence-corrected chi connectivity index (χ0v) is 12.7. The summed E-state index contributed by atoms with van der Waals surface area (Å²) in [5.74, 6) is -0.505. The molecule has 2 heterocycles. The van der Waals surface area contributed by atoms with Gasteiger partial charge in [0.25, 0.3) is 5.91 Å². The Bertz CT molecular complexity index is 886. The van der Waals surface area contributed by atoms with Crippen molar-refractivity contribution in [3.63, 3.8) is 0 Å². The fourth-order valence-electron chi connectivity index (χ4n) is 1.92. The number of thiophene rings is 1. The molecule has 114 valence electrons. The molecule has 3 rings (SSSR count). The quantitative estimate of drug-likeness (QED) is 0.570. The van der Waals surface area contributed by atoms with E-state index in [0.717, 1.165) is 10.4 Å². The first kappa shape index (κ1) is 14.9. The van der Waals surface area contributed by atoms with E-state index in [1.165, 1.54) is 17.4 Å². The maximum Gasteiger partial charge on any atom is 0.346 e. The van der Waals surface area contributed by atoms with Crippen LogP contribution >= 0.6 is 11.3 Å². The summed E-state index contributed by atoms with van der Waals surface area (Å²) in [7, 11) is 0. The van der Waals surface area contributed by atoms with Crippen LogP contribution in [0, 0.1) is 0 Å². The van der Waals surface area contributed by atoms with E-state index in [9.17, 15) is 9.59 Å². The highest BCUT2D eigenvalue weighted by molar-refractivity contribution is 7.11. The minimum atomic E-state index is -0.585. The van der Waals surface area contributed by atoms with Crippen LogP contribution in [0.5, 0.6) is 0 Å². The Hall–Kier alpha value is -3.06. The zero-order valence-electron chi connectivity index (χ0n) is 11.9. The van der Waals surface area contributed by atoms with Crippen molar-refractivity contribution >= 4 is 23.5 Å². The summed E-state index contributed by atoms with van der Waals surface area (Å²) in [6.45, 7) is 0. The smallest absolute Gasteiger partial charge is 0.301 e. The van der Waals surface area contributed by atoms with Gasteiger partial charge < -0.3 is 4.98 Å². The number of carbonyl (C=O) groups excluding carboxylic acids is 1. The van der Waals surface area contributed by atoms with E-state index in [1.807, 2.05) is 47.8 Å². The molecule has 0 radical (unpaired) electrons. The monoisotopic (exact) mass is 324 g/mol. The number of hydrogen-bond acceptors (Lipinski definition) is 5. The van der Waals surface area contributed by atoms with Crippen molar-refractivity contribution in [2.75, 3.05) is 0 Å².